The number of hydrogen-bond acceptors (Lipinski definition) is 8. The summed E-state index contributed by atoms with van der Waals surface area (Å²) in [7, 11) is -3.59. The molecule has 10 heteroatoms. The first-order valence-electron chi connectivity index (χ1n) is 16.7. The number of aryl methyl sites for hydroxylation is 2. The van der Waals surface area contributed by atoms with Crippen LogP contribution in [0.3, 0.4) is 0 Å². The fourth-order valence-electron chi connectivity index (χ4n) is 5.77. The number of hydrogen-bond donors (Lipinski definition) is 3. The molecule has 2 atom stereocenters. The predicted molar refractivity (Wildman–Crippen MR) is 201 cm³/mol. The van der Waals surface area contributed by atoms with Crippen LogP contribution in [0.2, 0.25) is 0 Å². The van der Waals surface area contributed by atoms with Crippen LogP contribution in [0.5, 0.6) is 11.5 Å². The first kappa shape index (κ1) is 37.1. The Morgan fingerprint density at radius 1 is 0.784 bits per heavy atom. The minimum absolute atomic E-state index is 0.224. The van der Waals surface area contributed by atoms with E-state index in [1.54, 1.807) is 30.3 Å². The predicted octanol–water partition coefficient (Wildman–Crippen LogP) is 7.37. The van der Waals surface area contributed by atoms with E-state index in [0.717, 1.165) is 45.4 Å². The highest BCUT2D eigenvalue weighted by molar-refractivity contribution is 7.92. The van der Waals surface area contributed by atoms with Gasteiger partial charge in [0, 0.05) is 12.6 Å². The Bertz CT molecular complexity index is 2000. The maximum Gasteiger partial charge on any atom is 0.338 e. The maximum absolute atomic E-state index is 12.6. The number of ether oxygens (including phenoxy) is 3. The van der Waals surface area contributed by atoms with Gasteiger partial charge in [0.25, 0.3) is 0 Å². The zero-order valence-electron chi connectivity index (χ0n) is 29.3. The van der Waals surface area contributed by atoms with Crippen molar-refractivity contribution in [1.29, 1.82) is 0 Å². The van der Waals surface area contributed by atoms with Gasteiger partial charge in [-0.2, -0.15) is 0 Å². The summed E-state index contributed by atoms with van der Waals surface area (Å²) < 4.78 is 44.1. The van der Waals surface area contributed by atoms with E-state index in [4.69, 9.17) is 14.2 Å². The van der Waals surface area contributed by atoms with E-state index < -0.39 is 16.1 Å². The van der Waals surface area contributed by atoms with Gasteiger partial charge in [-0.3, -0.25) is 4.72 Å². The number of rotatable bonds is 16. The summed E-state index contributed by atoms with van der Waals surface area (Å²) in [6, 6.07) is 35.2. The summed E-state index contributed by atoms with van der Waals surface area (Å²) in [5.74, 6) is 0.725. The molecule has 5 aromatic carbocycles. The van der Waals surface area contributed by atoms with Gasteiger partial charge in [0.1, 0.15) is 31.3 Å². The Kier molecular flexibility index (Phi) is 12.5. The van der Waals surface area contributed by atoms with Gasteiger partial charge in [-0.15, -0.1) is 0 Å². The molecular formula is C41H44N2O7S. The molecule has 0 aliphatic carbocycles. The van der Waals surface area contributed by atoms with Crippen molar-refractivity contribution in [3.8, 4) is 22.6 Å². The van der Waals surface area contributed by atoms with E-state index in [1.165, 1.54) is 0 Å². The lowest BCUT2D eigenvalue weighted by Gasteiger charge is -2.22. The van der Waals surface area contributed by atoms with Crippen molar-refractivity contribution in [2.75, 3.05) is 24.1 Å². The average molecular weight is 709 g/mol. The van der Waals surface area contributed by atoms with Crippen LogP contribution < -0.4 is 19.5 Å². The molecule has 9 nitrogen and oxygen atoms in total. The monoisotopic (exact) mass is 708 g/mol. The second-order valence-electron chi connectivity index (χ2n) is 12.5. The molecule has 0 aliphatic rings. The van der Waals surface area contributed by atoms with Crippen LogP contribution in [0.25, 0.3) is 11.1 Å². The number of nitrogens with one attached hydrogen (secondary N) is 2. The molecule has 0 aromatic heterocycles. The Labute approximate surface area is 300 Å². The topological polar surface area (TPSA) is 123 Å². The molecule has 0 radical (unpaired) electrons. The molecule has 0 fully saturated rings. The van der Waals surface area contributed by atoms with Crippen LogP contribution in [0.4, 0.5) is 5.69 Å². The number of esters is 1. The Hall–Kier alpha value is -5.16. The lowest BCUT2D eigenvalue weighted by Crippen LogP contribution is -2.35. The highest BCUT2D eigenvalue weighted by Gasteiger charge is 2.19. The Balaban J connectivity index is 1.14. The second kappa shape index (κ2) is 17.2. The molecular weight excluding hydrogens is 665 g/mol. The van der Waals surface area contributed by atoms with Crippen molar-refractivity contribution < 1.29 is 32.5 Å². The first-order chi connectivity index (χ1) is 24.5. The molecule has 0 aliphatic heterocycles. The number of aliphatic hydroxyl groups is 1. The highest BCUT2D eigenvalue weighted by atomic mass is 32.2. The zero-order chi connectivity index (χ0) is 36.4. The molecule has 51 heavy (non-hydrogen) atoms. The molecule has 0 saturated heterocycles. The van der Waals surface area contributed by atoms with Crippen molar-refractivity contribution in [2.45, 2.75) is 46.1 Å². The van der Waals surface area contributed by atoms with Gasteiger partial charge < -0.3 is 24.6 Å². The average Bonchev–Trinajstić information content (AvgIpc) is 3.11. The number of anilines is 1. The number of benzene rings is 5. The van der Waals surface area contributed by atoms with Gasteiger partial charge in [0.2, 0.25) is 10.0 Å². The van der Waals surface area contributed by atoms with Crippen molar-refractivity contribution in [3.05, 3.63) is 149 Å². The van der Waals surface area contributed by atoms with Crippen LogP contribution in [0.1, 0.15) is 51.2 Å². The summed E-state index contributed by atoms with van der Waals surface area (Å²) in [4.78, 5) is 12.6. The third-order valence-corrected chi connectivity index (χ3v) is 8.91. The standard InChI is InChI=1S/C41H44N2O7S/c1-28-23-36(24-29(2)39(28)33-15-17-34(18-16-33)41(45)50-27-32-13-9-6-10-14-32)48-22-21-42-30(3)40(44)35-19-20-38(37(25-35)43-51(4,46)47)49-26-31-11-7-5-8-12-31/h5-20,23-25,30,40,42-44H,21-22,26-27H2,1-4H3/t30-,40-/m0/s1. The lowest BCUT2D eigenvalue weighted by atomic mass is 9.95. The molecule has 266 valence electrons. The van der Waals surface area contributed by atoms with E-state index in [0.29, 0.717) is 30.0 Å². The van der Waals surface area contributed by atoms with E-state index in [-0.39, 0.29) is 30.9 Å². The summed E-state index contributed by atoms with van der Waals surface area (Å²) in [6.07, 6.45) is 0.150. The van der Waals surface area contributed by atoms with Gasteiger partial charge in [-0.25, -0.2) is 13.2 Å². The molecule has 5 aromatic rings. The van der Waals surface area contributed by atoms with Gasteiger partial charge in [0.15, 0.2) is 0 Å². The fraction of sp³-hybridized carbons (Fsp3) is 0.244. The third kappa shape index (κ3) is 10.7. The Morgan fingerprint density at radius 3 is 2.00 bits per heavy atom. The number of sulfonamides is 1. The summed E-state index contributed by atoms with van der Waals surface area (Å²) >= 11 is 0. The summed E-state index contributed by atoms with van der Waals surface area (Å²) in [5.41, 5.74) is 7.30. The van der Waals surface area contributed by atoms with E-state index in [2.05, 4.69) is 10.0 Å². The van der Waals surface area contributed by atoms with Crippen LogP contribution in [0, 0.1) is 13.8 Å². The molecule has 3 N–H and O–H groups in total. The van der Waals surface area contributed by atoms with Crippen LogP contribution >= 0.6 is 0 Å². The molecule has 0 bridgehead atoms. The molecule has 0 saturated carbocycles. The largest absolute Gasteiger partial charge is 0.492 e. The fourth-order valence-corrected chi connectivity index (χ4v) is 6.33. The summed E-state index contributed by atoms with van der Waals surface area (Å²) in [6.45, 7) is 7.22. The number of carbonyl (C=O) groups is 1. The van der Waals surface area contributed by atoms with Crippen molar-refractivity contribution in [3.63, 3.8) is 0 Å². The Morgan fingerprint density at radius 2 is 1.39 bits per heavy atom. The number of carbonyl (C=O) groups excluding carboxylic acids is 1. The van der Waals surface area contributed by atoms with Crippen LogP contribution in [-0.2, 0) is 28.0 Å². The SMILES string of the molecule is Cc1cc(OCCN[C@@H](C)[C@H](O)c2ccc(OCc3ccccc3)c(NS(C)(=O)=O)c2)cc(C)c1-c1ccc(C(=O)OCc2ccccc2)cc1. The van der Waals surface area contributed by atoms with Gasteiger partial charge >= 0.3 is 5.97 Å². The molecule has 0 heterocycles. The summed E-state index contributed by atoms with van der Waals surface area (Å²) in [5, 5.41) is 14.4. The minimum atomic E-state index is -3.59. The smallest absolute Gasteiger partial charge is 0.338 e. The molecule has 5 rings (SSSR count). The zero-order valence-corrected chi connectivity index (χ0v) is 30.1. The van der Waals surface area contributed by atoms with Crippen LogP contribution in [-0.4, -0.2) is 44.9 Å². The van der Waals surface area contributed by atoms with Crippen LogP contribution in [0.15, 0.2) is 115 Å². The third-order valence-electron chi connectivity index (χ3n) is 8.32. The number of aliphatic hydroxyl groups excluding tert-OH is 1. The van der Waals surface area contributed by atoms with E-state index in [9.17, 15) is 18.3 Å². The van der Waals surface area contributed by atoms with E-state index in [1.807, 2.05) is 106 Å². The van der Waals surface area contributed by atoms with Crippen molar-refractivity contribution >= 4 is 21.7 Å². The quantitative estimate of drug-likeness (QED) is 0.0718. The molecule has 0 spiro atoms. The highest BCUT2D eigenvalue weighted by Crippen LogP contribution is 2.32. The van der Waals surface area contributed by atoms with Crippen molar-refractivity contribution in [1.82, 2.24) is 5.32 Å². The van der Waals surface area contributed by atoms with Crippen molar-refractivity contribution in [2.24, 2.45) is 0 Å². The normalized spacial score (nSPS) is 12.5. The second-order valence-corrected chi connectivity index (χ2v) is 14.3. The molecule has 0 amide bonds. The minimum Gasteiger partial charge on any atom is -0.492 e. The molecule has 0 unspecified atom stereocenters. The first-order valence-corrected chi connectivity index (χ1v) is 18.6. The van der Waals surface area contributed by atoms with E-state index >= 15 is 0 Å². The van der Waals surface area contributed by atoms with Gasteiger partial charge in [-0.1, -0.05) is 78.9 Å². The van der Waals surface area contributed by atoms with Gasteiger partial charge in [0.05, 0.1) is 23.6 Å². The van der Waals surface area contributed by atoms with Gasteiger partial charge in [-0.05, 0) is 96.1 Å². The lowest BCUT2D eigenvalue weighted by molar-refractivity contribution is 0.0472. The maximum atomic E-state index is 12.6.